The molecule has 2 heterocycles. The van der Waals surface area contributed by atoms with Crippen LogP contribution < -0.4 is 0 Å². The van der Waals surface area contributed by atoms with E-state index >= 15 is 0 Å². The molecule has 0 amide bonds. The van der Waals surface area contributed by atoms with Crippen molar-refractivity contribution >= 4 is 15.8 Å². The number of nitrogens with zero attached hydrogens (tertiary/aromatic N) is 5. The molecular weight excluding hydrogens is 282 g/mol. The van der Waals surface area contributed by atoms with Crippen molar-refractivity contribution in [3.05, 3.63) is 17.0 Å². The molecule has 0 aliphatic rings. The molecule has 1 N–H and O–H groups in total. The average molecular weight is 299 g/mol. The van der Waals surface area contributed by atoms with Gasteiger partial charge in [0.1, 0.15) is 0 Å². The second-order valence-electron chi connectivity index (χ2n) is 4.56. The molecule has 9 heteroatoms. The van der Waals surface area contributed by atoms with Gasteiger partial charge in [-0.15, -0.1) is 5.10 Å². The molecule has 0 atom stereocenters. The third-order valence-electron chi connectivity index (χ3n) is 3.30. The highest BCUT2D eigenvalue weighted by Crippen LogP contribution is 2.15. The molecule has 0 saturated carbocycles. The highest BCUT2D eigenvalue weighted by molar-refractivity contribution is 7.88. The van der Waals surface area contributed by atoms with Crippen LogP contribution in [0.1, 0.15) is 17.0 Å². The predicted molar refractivity (Wildman–Crippen MR) is 71.9 cm³/mol. The molecular formula is C11H17N5O3S. The van der Waals surface area contributed by atoms with Gasteiger partial charge in [0, 0.05) is 25.0 Å². The lowest BCUT2D eigenvalue weighted by Crippen LogP contribution is -2.30. The number of hydrogen-bond donors (Lipinski definition) is 1. The van der Waals surface area contributed by atoms with Crippen molar-refractivity contribution in [3.63, 3.8) is 0 Å². The number of sulfonamides is 1. The van der Waals surface area contributed by atoms with Crippen LogP contribution in [-0.4, -0.2) is 57.6 Å². The van der Waals surface area contributed by atoms with Gasteiger partial charge < -0.3 is 5.11 Å². The molecule has 0 fully saturated rings. The van der Waals surface area contributed by atoms with E-state index in [1.165, 1.54) is 11.6 Å². The number of aliphatic hydroxyl groups is 1. The number of likely N-dealkylation sites (N-methyl/N-ethyl adjacent to an activating group) is 1. The van der Waals surface area contributed by atoms with Crippen LogP contribution in [0.15, 0.2) is 5.16 Å². The van der Waals surface area contributed by atoms with Crippen molar-refractivity contribution in [2.24, 2.45) is 0 Å². The van der Waals surface area contributed by atoms with Gasteiger partial charge in [0.05, 0.1) is 6.61 Å². The largest absolute Gasteiger partial charge is 0.395 e. The molecule has 0 aromatic carbocycles. The first-order valence-corrected chi connectivity index (χ1v) is 7.51. The lowest BCUT2D eigenvalue weighted by atomic mass is 10.2. The second-order valence-corrected chi connectivity index (χ2v) is 6.50. The summed E-state index contributed by atoms with van der Waals surface area (Å²) < 4.78 is 26.9. The van der Waals surface area contributed by atoms with E-state index in [0.29, 0.717) is 0 Å². The van der Waals surface area contributed by atoms with Crippen LogP contribution in [0.2, 0.25) is 0 Å². The van der Waals surface area contributed by atoms with E-state index < -0.39 is 10.0 Å². The van der Waals surface area contributed by atoms with E-state index in [2.05, 4.69) is 15.1 Å². The number of fused-ring (bicyclic) bond motifs is 1. The fraction of sp³-hybridized carbons (Fsp3) is 0.545. The molecule has 20 heavy (non-hydrogen) atoms. The van der Waals surface area contributed by atoms with Crippen LogP contribution in [0.4, 0.5) is 0 Å². The van der Waals surface area contributed by atoms with Crippen molar-refractivity contribution in [1.29, 1.82) is 0 Å². The highest BCUT2D eigenvalue weighted by atomic mass is 32.2. The van der Waals surface area contributed by atoms with E-state index in [4.69, 9.17) is 5.11 Å². The average Bonchev–Trinajstić information content (AvgIpc) is 2.81. The Hall–Kier alpha value is -1.58. The molecule has 0 saturated heterocycles. The van der Waals surface area contributed by atoms with Crippen molar-refractivity contribution in [2.45, 2.75) is 25.9 Å². The molecule has 0 aliphatic carbocycles. The van der Waals surface area contributed by atoms with Gasteiger partial charge in [-0.05, 0) is 26.3 Å². The fourth-order valence-corrected chi connectivity index (χ4v) is 2.73. The first kappa shape index (κ1) is 14.8. The lowest BCUT2D eigenvalue weighted by Gasteiger charge is -2.12. The maximum atomic E-state index is 12.2. The molecule has 2 aromatic rings. The summed E-state index contributed by atoms with van der Waals surface area (Å²) in [7, 11) is -2.45. The lowest BCUT2D eigenvalue weighted by molar-refractivity contribution is 0.266. The zero-order chi connectivity index (χ0) is 15.1. The highest BCUT2D eigenvalue weighted by Gasteiger charge is 2.26. The maximum absolute atomic E-state index is 12.2. The third kappa shape index (κ3) is 2.28. The summed E-state index contributed by atoms with van der Waals surface area (Å²) in [6, 6.07) is 0. The molecule has 0 unspecified atom stereocenters. The number of hydrogen-bond acceptors (Lipinski definition) is 6. The first-order valence-electron chi connectivity index (χ1n) is 6.06. The maximum Gasteiger partial charge on any atom is 0.284 e. The van der Waals surface area contributed by atoms with Gasteiger partial charge in [-0.25, -0.2) is 13.4 Å². The van der Waals surface area contributed by atoms with Crippen molar-refractivity contribution < 1.29 is 13.5 Å². The monoisotopic (exact) mass is 299 g/mol. The van der Waals surface area contributed by atoms with Crippen LogP contribution in [0.5, 0.6) is 0 Å². The quantitative estimate of drug-likeness (QED) is 0.829. The molecule has 0 aliphatic heterocycles. The Morgan fingerprint density at radius 3 is 2.50 bits per heavy atom. The number of aliphatic hydroxyl groups excluding tert-OH is 1. The summed E-state index contributed by atoms with van der Waals surface area (Å²) in [6.45, 7) is 5.29. The van der Waals surface area contributed by atoms with Gasteiger partial charge in [-0.2, -0.15) is 13.8 Å². The Morgan fingerprint density at radius 1 is 1.25 bits per heavy atom. The van der Waals surface area contributed by atoms with E-state index in [9.17, 15) is 8.42 Å². The zero-order valence-electron chi connectivity index (χ0n) is 11.8. The van der Waals surface area contributed by atoms with Crippen LogP contribution in [0, 0.1) is 20.8 Å². The number of aromatic nitrogens is 4. The normalized spacial score (nSPS) is 12.5. The SMILES string of the molecule is Cc1nc2nc(S(=O)(=O)N(C)CCO)nn2c(C)c1C. The second kappa shape index (κ2) is 5.08. The van der Waals surface area contributed by atoms with E-state index in [1.807, 2.05) is 20.8 Å². The molecule has 0 radical (unpaired) electrons. The molecule has 8 nitrogen and oxygen atoms in total. The molecule has 2 aromatic heterocycles. The Labute approximate surface area is 117 Å². The minimum Gasteiger partial charge on any atom is -0.395 e. The first-order chi connectivity index (χ1) is 9.28. The van der Waals surface area contributed by atoms with E-state index in [-0.39, 0.29) is 24.1 Å². The molecule has 2 rings (SSSR count). The van der Waals surface area contributed by atoms with Crippen molar-refractivity contribution in [2.75, 3.05) is 20.2 Å². The van der Waals surface area contributed by atoms with Crippen LogP contribution in [0.3, 0.4) is 0 Å². The molecule has 0 spiro atoms. The standard InChI is InChI=1S/C11H17N5O3S/c1-7-8(2)12-10-13-11(14-16(10)9(7)3)20(18,19)15(4)5-6-17/h17H,5-6H2,1-4H3. The van der Waals surface area contributed by atoms with Crippen LogP contribution >= 0.6 is 0 Å². The van der Waals surface area contributed by atoms with Gasteiger partial charge in [0.25, 0.3) is 21.0 Å². The van der Waals surface area contributed by atoms with Gasteiger partial charge in [-0.1, -0.05) is 0 Å². The summed E-state index contributed by atoms with van der Waals surface area (Å²) in [6.07, 6.45) is 0. The number of rotatable bonds is 4. The topological polar surface area (TPSA) is 101 Å². The van der Waals surface area contributed by atoms with Gasteiger partial charge in [0.2, 0.25) is 0 Å². The van der Waals surface area contributed by atoms with Crippen molar-refractivity contribution in [3.8, 4) is 0 Å². The molecule has 110 valence electrons. The minimum absolute atomic E-state index is 0.0116. The summed E-state index contributed by atoms with van der Waals surface area (Å²) in [5.41, 5.74) is 2.52. The summed E-state index contributed by atoms with van der Waals surface area (Å²) in [5, 5.41) is 12.5. The van der Waals surface area contributed by atoms with E-state index in [1.54, 1.807) is 0 Å². The summed E-state index contributed by atoms with van der Waals surface area (Å²) in [5.74, 6) is 0.251. The Morgan fingerprint density at radius 2 is 1.90 bits per heavy atom. The summed E-state index contributed by atoms with van der Waals surface area (Å²) in [4.78, 5) is 8.21. The minimum atomic E-state index is -3.82. The third-order valence-corrected chi connectivity index (χ3v) is 4.93. The van der Waals surface area contributed by atoms with Gasteiger partial charge in [-0.3, -0.25) is 0 Å². The summed E-state index contributed by atoms with van der Waals surface area (Å²) >= 11 is 0. The number of aryl methyl sites for hydroxylation is 2. The van der Waals surface area contributed by atoms with Crippen molar-refractivity contribution in [1.82, 2.24) is 23.9 Å². The van der Waals surface area contributed by atoms with E-state index in [0.717, 1.165) is 21.3 Å². The van der Waals surface area contributed by atoms with Crippen LogP contribution in [-0.2, 0) is 10.0 Å². The predicted octanol–water partition coefficient (Wildman–Crippen LogP) is -0.338. The Kier molecular flexibility index (Phi) is 3.76. The van der Waals surface area contributed by atoms with Gasteiger partial charge >= 0.3 is 0 Å². The molecule has 0 bridgehead atoms. The zero-order valence-corrected chi connectivity index (χ0v) is 12.6. The van der Waals surface area contributed by atoms with Crippen LogP contribution in [0.25, 0.3) is 5.78 Å². The smallest absolute Gasteiger partial charge is 0.284 e. The Balaban J connectivity index is 2.61. The Bertz CT molecular complexity index is 753. The fourth-order valence-electron chi connectivity index (χ4n) is 1.75. The van der Waals surface area contributed by atoms with Gasteiger partial charge in [0.15, 0.2) is 0 Å².